The molecule has 1 aliphatic rings. The summed E-state index contributed by atoms with van der Waals surface area (Å²) in [6.45, 7) is 0.741. The van der Waals surface area contributed by atoms with Gasteiger partial charge >= 0.3 is 6.03 Å². The maximum Gasteiger partial charge on any atom is 0.322 e. The molecule has 0 saturated carbocycles. The maximum absolute atomic E-state index is 12.0. The van der Waals surface area contributed by atoms with Gasteiger partial charge in [-0.2, -0.15) is 0 Å². The molecule has 2 rings (SSSR count). The number of hydrogen-bond donors (Lipinski definition) is 2. The summed E-state index contributed by atoms with van der Waals surface area (Å²) in [6, 6.07) is 7.29. The Morgan fingerprint density at radius 1 is 1.53 bits per heavy atom. The third-order valence-electron chi connectivity index (χ3n) is 2.96. The predicted octanol–water partition coefficient (Wildman–Crippen LogP) is 2.44. The van der Waals surface area contributed by atoms with E-state index in [1.807, 2.05) is 24.3 Å². The Labute approximate surface area is 109 Å². The molecule has 5 heteroatoms. The monoisotopic (exact) mass is 298 g/mol. The second-order valence-electron chi connectivity index (χ2n) is 4.08. The van der Waals surface area contributed by atoms with Gasteiger partial charge in [0.05, 0.1) is 18.3 Å². The van der Waals surface area contributed by atoms with Crippen LogP contribution in [-0.2, 0) is 0 Å². The molecule has 2 N–H and O–H groups in total. The van der Waals surface area contributed by atoms with E-state index in [1.165, 1.54) is 0 Å². The Balaban J connectivity index is 2.04. The highest BCUT2D eigenvalue weighted by atomic mass is 79.9. The Kier molecular flexibility index (Phi) is 4.02. The van der Waals surface area contributed by atoms with Crippen molar-refractivity contribution in [1.82, 2.24) is 4.90 Å². The van der Waals surface area contributed by atoms with Crippen LogP contribution in [0.2, 0.25) is 0 Å². The van der Waals surface area contributed by atoms with Gasteiger partial charge in [-0.1, -0.05) is 12.1 Å². The lowest BCUT2D eigenvalue weighted by Crippen LogP contribution is -2.40. The number of benzene rings is 1. The van der Waals surface area contributed by atoms with Crippen molar-refractivity contribution in [2.45, 2.75) is 18.9 Å². The number of nitrogens with zero attached hydrogens (tertiary/aromatic N) is 1. The van der Waals surface area contributed by atoms with Crippen LogP contribution in [0.3, 0.4) is 0 Å². The van der Waals surface area contributed by atoms with Crippen LogP contribution in [0.25, 0.3) is 0 Å². The van der Waals surface area contributed by atoms with Gasteiger partial charge in [0.1, 0.15) is 0 Å². The Hall–Kier alpha value is -1.07. The summed E-state index contributed by atoms with van der Waals surface area (Å²) in [5, 5.41) is 12.0. The first-order valence-corrected chi connectivity index (χ1v) is 6.44. The number of halogens is 1. The molecule has 4 nitrogen and oxygen atoms in total. The molecule has 0 aromatic heterocycles. The fourth-order valence-electron chi connectivity index (χ4n) is 2.04. The molecule has 0 spiro atoms. The number of carbonyl (C=O) groups is 1. The molecule has 1 atom stereocenters. The number of urea groups is 1. The summed E-state index contributed by atoms with van der Waals surface area (Å²) >= 11 is 3.38. The summed E-state index contributed by atoms with van der Waals surface area (Å²) in [6.07, 6.45) is 1.83. The molecule has 1 aromatic rings. The molecular formula is C12H15BrN2O2. The van der Waals surface area contributed by atoms with E-state index in [9.17, 15) is 9.90 Å². The van der Waals surface area contributed by atoms with Gasteiger partial charge in [-0.05, 0) is 40.9 Å². The minimum absolute atomic E-state index is 0.0311. The Morgan fingerprint density at radius 3 is 3.00 bits per heavy atom. The van der Waals surface area contributed by atoms with Gasteiger partial charge < -0.3 is 15.3 Å². The highest BCUT2D eigenvalue weighted by Gasteiger charge is 2.28. The fraction of sp³-hybridized carbons (Fsp3) is 0.417. The second kappa shape index (κ2) is 5.51. The van der Waals surface area contributed by atoms with E-state index in [2.05, 4.69) is 21.2 Å². The molecular weight excluding hydrogens is 284 g/mol. The smallest absolute Gasteiger partial charge is 0.322 e. The first kappa shape index (κ1) is 12.4. The van der Waals surface area contributed by atoms with E-state index in [-0.39, 0.29) is 18.7 Å². The van der Waals surface area contributed by atoms with Gasteiger partial charge in [0.25, 0.3) is 0 Å². The maximum atomic E-state index is 12.0. The van der Waals surface area contributed by atoms with Crippen LogP contribution in [0.1, 0.15) is 12.8 Å². The normalized spacial score (nSPS) is 19.4. The largest absolute Gasteiger partial charge is 0.394 e. The van der Waals surface area contributed by atoms with E-state index < -0.39 is 0 Å². The standard InChI is InChI=1S/C12H15BrN2O2/c13-10-5-1-2-6-11(10)14-12(17)15-7-3-4-9(15)8-16/h1-2,5-6,9,16H,3-4,7-8H2,(H,14,17)/t9-/m1/s1. The molecule has 1 fully saturated rings. The SMILES string of the molecule is O=C(Nc1ccccc1Br)N1CCC[C@@H]1CO. The molecule has 2 amide bonds. The number of rotatable bonds is 2. The molecule has 17 heavy (non-hydrogen) atoms. The number of aliphatic hydroxyl groups excluding tert-OH is 1. The lowest BCUT2D eigenvalue weighted by Gasteiger charge is -2.23. The first-order valence-electron chi connectivity index (χ1n) is 5.65. The molecule has 0 aliphatic carbocycles. The second-order valence-corrected chi connectivity index (χ2v) is 4.94. The van der Waals surface area contributed by atoms with Crippen LogP contribution in [0.15, 0.2) is 28.7 Å². The van der Waals surface area contributed by atoms with Crippen molar-refractivity contribution >= 4 is 27.6 Å². The summed E-state index contributed by atoms with van der Waals surface area (Å²) < 4.78 is 0.855. The number of carbonyl (C=O) groups excluding carboxylic acids is 1. The Morgan fingerprint density at radius 2 is 2.29 bits per heavy atom. The zero-order valence-electron chi connectivity index (χ0n) is 9.40. The summed E-state index contributed by atoms with van der Waals surface area (Å²) in [4.78, 5) is 13.7. The summed E-state index contributed by atoms with van der Waals surface area (Å²) in [5.41, 5.74) is 0.751. The van der Waals surface area contributed by atoms with Crippen LogP contribution < -0.4 is 5.32 Å². The molecule has 0 bridgehead atoms. The Bertz CT molecular complexity index is 411. The van der Waals surface area contributed by atoms with E-state index in [4.69, 9.17) is 0 Å². The minimum atomic E-state index is -0.145. The molecule has 1 heterocycles. The molecule has 0 radical (unpaired) electrons. The fourth-order valence-corrected chi connectivity index (χ4v) is 2.43. The summed E-state index contributed by atoms with van der Waals surface area (Å²) in [5.74, 6) is 0. The summed E-state index contributed by atoms with van der Waals surface area (Å²) in [7, 11) is 0. The number of anilines is 1. The van der Waals surface area contributed by atoms with Crippen LogP contribution in [0, 0.1) is 0 Å². The number of para-hydroxylation sites is 1. The lowest BCUT2D eigenvalue weighted by molar-refractivity contribution is 0.166. The van der Waals surface area contributed by atoms with Gasteiger partial charge in [0.2, 0.25) is 0 Å². The van der Waals surface area contributed by atoms with Gasteiger partial charge in [-0.3, -0.25) is 0 Å². The van der Waals surface area contributed by atoms with Crippen LogP contribution in [0.5, 0.6) is 0 Å². The van der Waals surface area contributed by atoms with Gasteiger partial charge in [0.15, 0.2) is 0 Å². The number of aliphatic hydroxyl groups is 1. The zero-order valence-corrected chi connectivity index (χ0v) is 11.0. The number of hydrogen-bond acceptors (Lipinski definition) is 2. The third kappa shape index (κ3) is 2.79. The van der Waals surface area contributed by atoms with E-state index >= 15 is 0 Å². The van der Waals surface area contributed by atoms with Crippen molar-refractivity contribution in [1.29, 1.82) is 0 Å². The topological polar surface area (TPSA) is 52.6 Å². The van der Waals surface area contributed by atoms with Crippen molar-refractivity contribution in [2.75, 3.05) is 18.5 Å². The van der Waals surface area contributed by atoms with Crippen LogP contribution >= 0.6 is 15.9 Å². The van der Waals surface area contributed by atoms with Crippen molar-refractivity contribution < 1.29 is 9.90 Å². The van der Waals surface area contributed by atoms with Crippen LogP contribution in [-0.4, -0.2) is 35.2 Å². The molecule has 0 unspecified atom stereocenters. The molecule has 1 aliphatic heterocycles. The van der Waals surface area contributed by atoms with E-state index in [0.29, 0.717) is 6.54 Å². The average molecular weight is 299 g/mol. The predicted molar refractivity (Wildman–Crippen MR) is 70.0 cm³/mol. The molecule has 92 valence electrons. The van der Waals surface area contributed by atoms with Crippen molar-refractivity contribution in [3.8, 4) is 0 Å². The van der Waals surface area contributed by atoms with Gasteiger partial charge in [0, 0.05) is 11.0 Å². The van der Waals surface area contributed by atoms with Crippen molar-refractivity contribution in [2.24, 2.45) is 0 Å². The number of amides is 2. The number of likely N-dealkylation sites (tertiary alicyclic amines) is 1. The zero-order chi connectivity index (χ0) is 12.3. The third-order valence-corrected chi connectivity index (χ3v) is 3.66. The van der Waals surface area contributed by atoms with Crippen molar-refractivity contribution in [3.05, 3.63) is 28.7 Å². The first-order chi connectivity index (χ1) is 8.22. The molecule has 1 aromatic carbocycles. The lowest BCUT2D eigenvalue weighted by atomic mass is 10.2. The average Bonchev–Trinajstić information content (AvgIpc) is 2.80. The highest BCUT2D eigenvalue weighted by molar-refractivity contribution is 9.10. The quantitative estimate of drug-likeness (QED) is 0.881. The molecule has 1 saturated heterocycles. The van der Waals surface area contributed by atoms with Gasteiger partial charge in [-0.15, -0.1) is 0 Å². The van der Waals surface area contributed by atoms with Crippen LogP contribution in [0.4, 0.5) is 10.5 Å². The highest BCUT2D eigenvalue weighted by Crippen LogP contribution is 2.23. The minimum Gasteiger partial charge on any atom is -0.394 e. The van der Waals surface area contributed by atoms with Crippen molar-refractivity contribution in [3.63, 3.8) is 0 Å². The van der Waals surface area contributed by atoms with Gasteiger partial charge in [-0.25, -0.2) is 4.79 Å². The van der Waals surface area contributed by atoms with E-state index in [0.717, 1.165) is 23.0 Å². The van der Waals surface area contributed by atoms with E-state index in [1.54, 1.807) is 4.90 Å². The number of nitrogens with one attached hydrogen (secondary N) is 1.